The topological polar surface area (TPSA) is 65.7 Å². The Morgan fingerprint density at radius 1 is 1.42 bits per heavy atom. The number of nitrogens with one attached hydrogen (secondary N) is 2. The fourth-order valence-electron chi connectivity index (χ4n) is 0.729. The van der Waals surface area contributed by atoms with Crippen LogP contribution in [0.1, 0.15) is 5.56 Å². The van der Waals surface area contributed by atoms with Crippen molar-refractivity contribution in [3.8, 4) is 0 Å². The van der Waals surface area contributed by atoms with Gasteiger partial charge in [-0.25, -0.2) is 0 Å². The average molecular weight is 231 g/mol. The van der Waals surface area contributed by atoms with Gasteiger partial charge in [0.05, 0.1) is 0 Å². The molecule has 0 amide bonds. The number of hydrogen-bond donors (Lipinski definition) is 2. The second-order valence-electron chi connectivity index (χ2n) is 2.10. The van der Waals surface area contributed by atoms with Crippen LogP contribution in [-0.2, 0) is 0 Å². The molecule has 1 aromatic rings. The summed E-state index contributed by atoms with van der Waals surface area (Å²) in [7, 11) is 0. The second kappa shape index (κ2) is 4.06. The van der Waals surface area contributed by atoms with Crippen LogP contribution in [0, 0.1) is 0 Å². The maximum atomic E-state index is 11.0. The van der Waals surface area contributed by atoms with Crippen molar-refractivity contribution in [3.63, 3.8) is 0 Å². The van der Waals surface area contributed by atoms with E-state index >= 15 is 0 Å². The lowest BCUT2D eigenvalue weighted by atomic mass is 10.3. The Morgan fingerprint density at radius 3 is 2.83 bits per heavy atom. The quantitative estimate of drug-likeness (QED) is 0.726. The maximum Gasteiger partial charge on any atom is 0.269 e. The van der Waals surface area contributed by atoms with E-state index < -0.39 is 0 Å². The van der Waals surface area contributed by atoms with Gasteiger partial charge < -0.3 is 0 Å². The number of hydrogen-bond acceptors (Lipinski definition) is 2. The molecule has 0 saturated heterocycles. The van der Waals surface area contributed by atoms with Crippen molar-refractivity contribution in [1.82, 2.24) is 10.2 Å². The van der Waals surface area contributed by atoms with Crippen molar-refractivity contribution >= 4 is 22.0 Å². The molecule has 64 valence electrons. The number of rotatable bonds is 2. The number of allylic oxidation sites excluding steroid dienone is 1. The van der Waals surface area contributed by atoms with Gasteiger partial charge in [0.2, 0.25) is 0 Å². The Balaban J connectivity index is 3.14. The van der Waals surface area contributed by atoms with Gasteiger partial charge in [0.15, 0.2) is 0 Å². The van der Waals surface area contributed by atoms with Gasteiger partial charge in [0.25, 0.3) is 11.1 Å². The molecular formula is C7H7BrN2O2. The maximum absolute atomic E-state index is 11.0. The van der Waals surface area contributed by atoms with Crippen molar-refractivity contribution in [3.05, 3.63) is 38.4 Å². The first-order valence-electron chi connectivity index (χ1n) is 3.28. The summed E-state index contributed by atoms with van der Waals surface area (Å²) in [6, 6.07) is 1.25. The third-order valence-electron chi connectivity index (χ3n) is 1.23. The zero-order valence-electron chi connectivity index (χ0n) is 6.13. The van der Waals surface area contributed by atoms with Crippen LogP contribution >= 0.6 is 15.9 Å². The summed E-state index contributed by atoms with van der Waals surface area (Å²) in [5, 5.41) is 5.05. The molecule has 4 nitrogen and oxygen atoms in total. The lowest BCUT2D eigenvalue weighted by Gasteiger charge is -1.88. The fourth-order valence-corrected chi connectivity index (χ4v) is 0.916. The van der Waals surface area contributed by atoms with E-state index in [0.717, 1.165) is 0 Å². The number of halogens is 1. The zero-order valence-corrected chi connectivity index (χ0v) is 7.72. The molecule has 0 atom stereocenters. The number of aromatic nitrogens is 2. The lowest BCUT2D eigenvalue weighted by Crippen LogP contribution is -2.19. The van der Waals surface area contributed by atoms with E-state index in [0.29, 0.717) is 10.9 Å². The third kappa shape index (κ3) is 2.20. The van der Waals surface area contributed by atoms with Gasteiger partial charge in [0.1, 0.15) is 0 Å². The van der Waals surface area contributed by atoms with Crippen LogP contribution in [0.5, 0.6) is 0 Å². The minimum absolute atomic E-state index is 0.299. The smallest absolute Gasteiger partial charge is 0.268 e. The highest BCUT2D eigenvalue weighted by atomic mass is 79.9. The third-order valence-corrected chi connectivity index (χ3v) is 1.61. The van der Waals surface area contributed by atoms with Gasteiger partial charge in [-0.3, -0.25) is 19.8 Å². The molecule has 1 rings (SSSR count). The lowest BCUT2D eigenvalue weighted by molar-refractivity contribution is 0.947. The van der Waals surface area contributed by atoms with E-state index in [9.17, 15) is 9.59 Å². The van der Waals surface area contributed by atoms with Gasteiger partial charge in [0, 0.05) is 17.0 Å². The highest BCUT2D eigenvalue weighted by molar-refractivity contribution is 9.09. The molecule has 5 heteroatoms. The Hall–Kier alpha value is -1.10. The predicted octanol–water partition coefficient (Wildman–Crippen LogP) is 0.471. The van der Waals surface area contributed by atoms with Crippen molar-refractivity contribution in [2.75, 3.05) is 5.33 Å². The summed E-state index contributed by atoms with van der Waals surface area (Å²) < 4.78 is 0. The molecular weight excluding hydrogens is 224 g/mol. The van der Waals surface area contributed by atoms with Crippen LogP contribution in [0.2, 0.25) is 0 Å². The number of alkyl halides is 1. The first kappa shape index (κ1) is 8.99. The van der Waals surface area contributed by atoms with E-state index in [-0.39, 0.29) is 11.1 Å². The molecule has 0 unspecified atom stereocenters. The molecule has 1 heterocycles. The highest BCUT2D eigenvalue weighted by Crippen LogP contribution is 1.90. The summed E-state index contributed by atoms with van der Waals surface area (Å²) in [4.78, 5) is 21.7. The first-order chi connectivity index (χ1) is 5.74. The van der Waals surface area contributed by atoms with Crippen LogP contribution in [0.3, 0.4) is 0 Å². The van der Waals surface area contributed by atoms with E-state index in [1.165, 1.54) is 6.07 Å². The Morgan fingerprint density at radius 2 is 2.17 bits per heavy atom. The summed E-state index contributed by atoms with van der Waals surface area (Å²) in [5.41, 5.74) is -0.256. The summed E-state index contributed by atoms with van der Waals surface area (Å²) in [6.45, 7) is 0. The van der Waals surface area contributed by atoms with Gasteiger partial charge in [-0.2, -0.15) is 0 Å². The van der Waals surface area contributed by atoms with Gasteiger partial charge >= 0.3 is 0 Å². The van der Waals surface area contributed by atoms with E-state index in [2.05, 4.69) is 26.1 Å². The summed E-state index contributed by atoms with van der Waals surface area (Å²) in [6.07, 6.45) is 3.33. The molecule has 0 bridgehead atoms. The Kier molecular flexibility index (Phi) is 3.04. The van der Waals surface area contributed by atoms with Crippen molar-refractivity contribution < 1.29 is 0 Å². The molecule has 0 radical (unpaired) electrons. The zero-order chi connectivity index (χ0) is 8.97. The first-order valence-corrected chi connectivity index (χ1v) is 4.40. The summed E-state index contributed by atoms with van der Waals surface area (Å²) in [5.74, 6) is 0. The normalized spacial score (nSPS) is 10.8. The molecule has 2 N–H and O–H groups in total. The molecule has 0 aromatic carbocycles. The Bertz CT molecular complexity index is 391. The Labute approximate surface area is 76.4 Å². The van der Waals surface area contributed by atoms with E-state index in [1.807, 2.05) is 0 Å². The van der Waals surface area contributed by atoms with E-state index in [4.69, 9.17) is 0 Å². The SMILES string of the molecule is O=c1cc(C=CCBr)c(=O)[nH][nH]1. The number of H-pyrrole nitrogens is 2. The average Bonchev–Trinajstić information content (AvgIpc) is 2.07. The van der Waals surface area contributed by atoms with Crippen LogP contribution in [0.15, 0.2) is 21.7 Å². The van der Waals surface area contributed by atoms with Crippen molar-refractivity contribution in [1.29, 1.82) is 0 Å². The summed E-state index contributed by atoms with van der Waals surface area (Å²) >= 11 is 3.16. The molecule has 0 aliphatic carbocycles. The monoisotopic (exact) mass is 230 g/mol. The molecule has 0 saturated carbocycles. The molecule has 0 aliphatic heterocycles. The minimum atomic E-state index is -0.316. The predicted molar refractivity (Wildman–Crippen MR) is 50.5 cm³/mol. The highest BCUT2D eigenvalue weighted by Gasteiger charge is 1.93. The van der Waals surface area contributed by atoms with Crippen molar-refractivity contribution in [2.45, 2.75) is 0 Å². The molecule has 1 aromatic heterocycles. The van der Waals surface area contributed by atoms with Gasteiger partial charge in [-0.05, 0) is 0 Å². The van der Waals surface area contributed by atoms with Crippen LogP contribution < -0.4 is 11.1 Å². The molecule has 0 fully saturated rings. The largest absolute Gasteiger partial charge is 0.269 e. The number of aromatic amines is 2. The fraction of sp³-hybridized carbons (Fsp3) is 0.143. The van der Waals surface area contributed by atoms with Crippen molar-refractivity contribution in [2.24, 2.45) is 0 Å². The van der Waals surface area contributed by atoms with Crippen LogP contribution in [0.25, 0.3) is 6.08 Å². The standard InChI is InChI=1S/C7H7BrN2O2/c8-3-1-2-5-4-6(11)9-10-7(5)12/h1-2,4H,3H2,(H,9,11)(H,10,12). The molecule has 12 heavy (non-hydrogen) atoms. The second-order valence-corrected chi connectivity index (χ2v) is 2.75. The van der Waals surface area contributed by atoms with Crippen LogP contribution in [-0.4, -0.2) is 15.5 Å². The van der Waals surface area contributed by atoms with E-state index in [1.54, 1.807) is 12.2 Å². The molecule has 0 spiro atoms. The minimum Gasteiger partial charge on any atom is -0.268 e. The molecule has 0 aliphatic rings. The van der Waals surface area contributed by atoms with Gasteiger partial charge in [-0.15, -0.1) is 0 Å². The van der Waals surface area contributed by atoms with Gasteiger partial charge in [-0.1, -0.05) is 28.1 Å². The van der Waals surface area contributed by atoms with Crippen LogP contribution in [0.4, 0.5) is 0 Å².